The molecule has 9 heteroatoms. The van der Waals surface area contributed by atoms with E-state index in [1.807, 2.05) is 35.9 Å². The number of hydrogen-bond donors (Lipinski definition) is 2. The van der Waals surface area contributed by atoms with Crippen LogP contribution in [0.5, 0.6) is 5.75 Å². The van der Waals surface area contributed by atoms with Crippen LogP contribution in [-0.2, 0) is 9.59 Å². The molecule has 2 aliphatic heterocycles. The van der Waals surface area contributed by atoms with Crippen molar-refractivity contribution in [3.63, 3.8) is 0 Å². The minimum atomic E-state index is -0.530. The second kappa shape index (κ2) is 9.35. The molecular weight excluding hydrogens is 438 g/mol. The van der Waals surface area contributed by atoms with Gasteiger partial charge in [0.15, 0.2) is 0 Å². The predicted octanol–water partition coefficient (Wildman–Crippen LogP) is 2.76. The minimum absolute atomic E-state index is 0.0172. The molecule has 3 N–H and O–H groups in total. The molecule has 1 aromatic heterocycles. The summed E-state index contributed by atoms with van der Waals surface area (Å²) < 4.78 is 7.20. The van der Waals surface area contributed by atoms with Gasteiger partial charge in [-0.05, 0) is 43.9 Å². The number of primary amides is 1. The standard InChI is InChI=1S/C24H27N5O3S/c25-23(30)18-6-3-1-2-4-9-21(28-18)29-12-16(13-29)27-24(31)15-10-17(11-15)32-19-7-5-8-20-22(19)26-14-33-20/h1,3,5-8,14-17H,2,4,9-13H2,(H2,25,30)(H,27,31)/b3-1-,18-6-,28-21+/t15-,17-. The van der Waals surface area contributed by atoms with E-state index < -0.39 is 5.91 Å². The molecule has 1 aromatic carbocycles. The van der Waals surface area contributed by atoms with E-state index in [0.717, 1.165) is 53.9 Å². The number of carbonyl (C=O) groups is 2. The summed E-state index contributed by atoms with van der Waals surface area (Å²) in [6, 6.07) is 6.04. The average molecular weight is 466 g/mol. The summed E-state index contributed by atoms with van der Waals surface area (Å²) in [7, 11) is 0. The normalized spacial score (nSPS) is 27.5. The summed E-state index contributed by atoms with van der Waals surface area (Å²) in [6.45, 7) is 1.39. The van der Waals surface area contributed by atoms with Crippen molar-refractivity contribution in [2.75, 3.05) is 13.1 Å². The first kappa shape index (κ1) is 21.6. The molecule has 0 unspecified atom stereocenters. The summed E-state index contributed by atoms with van der Waals surface area (Å²) in [5, 5.41) is 3.15. The van der Waals surface area contributed by atoms with Gasteiger partial charge in [-0.1, -0.05) is 18.2 Å². The molecule has 172 valence electrons. The number of rotatable bonds is 5. The number of aliphatic imine (C=N–C) groups is 1. The number of ether oxygens (including phenoxy) is 1. The van der Waals surface area contributed by atoms with Gasteiger partial charge in [-0.3, -0.25) is 9.59 Å². The van der Waals surface area contributed by atoms with Crippen molar-refractivity contribution in [3.8, 4) is 5.75 Å². The molecule has 0 atom stereocenters. The van der Waals surface area contributed by atoms with E-state index in [2.05, 4.69) is 20.2 Å². The summed E-state index contributed by atoms with van der Waals surface area (Å²) in [6.07, 6.45) is 9.67. The Morgan fingerprint density at radius 2 is 2.09 bits per heavy atom. The number of fused-ring (bicyclic) bond motifs is 1. The average Bonchev–Trinajstić information content (AvgIpc) is 3.25. The highest BCUT2D eigenvalue weighted by molar-refractivity contribution is 7.16. The Kier molecular flexibility index (Phi) is 6.13. The monoisotopic (exact) mass is 465 g/mol. The van der Waals surface area contributed by atoms with Crippen LogP contribution in [0.1, 0.15) is 32.1 Å². The molecule has 0 radical (unpaired) electrons. The first-order valence-corrected chi connectivity index (χ1v) is 12.2. The number of hydrogen-bond acceptors (Lipinski definition) is 7. The van der Waals surface area contributed by atoms with E-state index in [-0.39, 0.29) is 29.7 Å². The van der Waals surface area contributed by atoms with Crippen LogP contribution in [-0.4, -0.2) is 52.8 Å². The third-order valence-corrected chi connectivity index (χ3v) is 7.13. The van der Waals surface area contributed by atoms with Gasteiger partial charge >= 0.3 is 0 Å². The van der Waals surface area contributed by atoms with E-state index in [1.54, 1.807) is 17.4 Å². The van der Waals surface area contributed by atoms with Crippen LogP contribution in [0.4, 0.5) is 0 Å². The van der Waals surface area contributed by atoms with Crippen LogP contribution in [0.3, 0.4) is 0 Å². The van der Waals surface area contributed by atoms with E-state index in [0.29, 0.717) is 13.1 Å². The summed E-state index contributed by atoms with van der Waals surface area (Å²) in [5.41, 5.74) is 8.43. The number of allylic oxidation sites excluding steroid dienone is 3. The first-order chi connectivity index (χ1) is 16.1. The van der Waals surface area contributed by atoms with E-state index in [9.17, 15) is 9.59 Å². The lowest BCUT2D eigenvalue weighted by atomic mass is 9.81. The molecule has 5 rings (SSSR count). The second-order valence-corrected chi connectivity index (χ2v) is 9.62. The Balaban J connectivity index is 1.09. The Morgan fingerprint density at radius 1 is 1.24 bits per heavy atom. The molecular formula is C24H27N5O3S. The maximum Gasteiger partial charge on any atom is 0.267 e. The fourth-order valence-electron chi connectivity index (χ4n) is 4.34. The molecule has 3 heterocycles. The van der Waals surface area contributed by atoms with Crippen molar-refractivity contribution in [2.45, 2.75) is 44.2 Å². The van der Waals surface area contributed by atoms with Crippen LogP contribution in [0.15, 0.2) is 52.6 Å². The number of aromatic nitrogens is 1. The highest BCUT2D eigenvalue weighted by Crippen LogP contribution is 2.35. The van der Waals surface area contributed by atoms with Crippen molar-refractivity contribution >= 4 is 39.2 Å². The topological polar surface area (TPSA) is 110 Å². The number of carbonyl (C=O) groups excluding carboxylic acids is 2. The molecule has 1 saturated carbocycles. The second-order valence-electron chi connectivity index (χ2n) is 8.74. The molecule has 2 fully saturated rings. The van der Waals surface area contributed by atoms with Crippen LogP contribution >= 0.6 is 11.3 Å². The number of amidine groups is 1. The number of amides is 2. The van der Waals surface area contributed by atoms with Gasteiger partial charge in [0.25, 0.3) is 5.91 Å². The van der Waals surface area contributed by atoms with Gasteiger partial charge in [0.1, 0.15) is 28.9 Å². The molecule has 2 amide bonds. The Hall–Kier alpha value is -3.20. The van der Waals surface area contributed by atoms with Crippen molar-refractivity contribution in [3.05, 3.63) is 47.6 Å². The summed E-state index contributed by atoms with van der Waals surface area (Å²) in [5.74, 6) is 1.20. The molecule has 1 aliphatic carbocycles. The molecule has 3 aliphatic rings. The van der Waals surface area contributed by atoms with Crippen molar-refractivity contribution in [2.24, 2.45) is 16.6 Å². The number of nitrogens with one attached hydrogen (secondary N) is 1. The zero-order valence-corrected chi connectivity index (χ0v) is 19.1. The molecule has 1 saturated heterocycles. The zero-order chi connectivity index (χ0) is 22.8. The van der Waals surface area contributed by atoms with Gasteiger partial charge in [-0.15, -0.1) is 11.3 Å². The van der Waals surface area contributed by atoms with Gasteiger partial charge in [-0.25, -0.2) is 9.98 Å². The van der Waals surface area contributed by atoms with Gasteiger partial charge in [0, 0.05) is 25.4 Å². The van der Waals surface area contributed by atoms with Gasteiger partial charge < -0.3 is 20.7 Å². The fraction of sp³-hybridized carbons (Fsp3) is 0.417. The lowest BCUT2D eigenvalue weighted by Gasteiger charge is -2.43. The Morgan fingerprint density at radius 3 is 2.91 bits per heavy atom. The molecule has 2 aromatic rings. The highest BCUT2D eigenvalue weighted by atomic mass is 32.1. The SMILES string of the molecule is NC(=O)C1=C/C=C\CCC/C(N2CC(NC(=O)[C@H]3C[C@H](Oc4cccc5scnc45)C3)C2)=N\1. The van der Waals surface area contributed by atoms with E-state index >= 15 is 0 Å². The quantitative estimate of drug-likeness (QED) is 0.706. The van der Waals surface area contributed by atoms with E-state index in [4.69, 9.17) is 10.5 Å². The smallest absolute Gasteiger partial charge is 0.267 e. The lowest BCUT2D eigenvalue weighted by Crippen LogP contribution is -2.62. The third kappa shape index (κ3) is 4.78. The Labute approximate surface area is 196 Å². The largest absolute Gasteiger partial charge is 0.488 e. The molecule has 33 heavy (non-hydrogen) atoms. The van der Waals surface area contributed by atoms with E-state index in [1.165, 1.54) is 0 Å². The van der Waals surface area contributed by atoms with Gasteiger partial charge in [0.2, 0.25) is 5.91 Å². The fourth-order valence-corrected chi connectivity index (χ4v) is 5.04. The third-order valence-electron chi connectivity index (χ3n) is 6.34. The van der Waals surface area contributed by atoms with Crippen LogP contribution in [0.25, 0.3) is 10.2 Å². The lowest BCUT2D eigenvalue weighted by molar-refractivity contribution is -0.132. The predicted molar refractivity (Wildman–Crippen MR) is 128 cm³/mol. The number of benzene rings is 1. The maximum atomic E-state index is 12.7. The first-order valence-electron chi connectivity index (χ1n) is 11.3. The van der Waals surface area contributed by atoms with Crippen molar-refractivity contribution in [1.29, 1.82) is 0 Å². The maximum absolute atomic E-state index is 12.7. The van der Waals surface area contributed by atoms with Crippen LogP contribution in [0, 0.1) is 5.92 Å². The van der Waals surface area contributed by atoms with Gasteiger partial charge in [0.05, 0.1) is 16.3 Å². The summed E-state index contributed by atoms with van der Waals surface area (Å²) >= 11 is 1.59. The summed E-state index contributed by atoms with van der Waals surface area (Å²) in [4.78, 5) is 35.3. The van der Waals surface area contributed by atoms with Crippen LogP contribution in [0.2, 0.25) is 0 Å². The number of nitrogens with zero attached hydrogens (tertiary/aromatic N) is 3. The molecule has 0 spiro atoms. The molecule has 0 bridgehead atoms. The number of thiazole rings is 1. The number of para-hydroxylation sites is 1. The minimum Gasteiger partial charge on any atom is -0.488 e. The Bertz CT molecular complexity index is 1140. The number of likely N-dealkylation sites (tertiary alicyclic amines) is 1. The molecule has 8 nitrogen and oxygen atoms in total. The van der Waals surface area contributed by atoms with Crippen LogP contribution < -0.4 is 15.8 Å². The number of nitrogens with two attached hydrogens (primary N) is 1. The zero-order valence-electron chi connectivity index (χ0n) is 18.3. The van der Waals surface area contributed by atoms with Gasteiger partial charge in [-0.2, -0.15) is 0 Å². The van der Waals surface area contributed by atoms with Crippen molar-refractivity contribution < 1.29 is 14.3 Å². The van der Waals surface area contributed by atoms with Crippen molar-refractivity contribution in [1.82, 2.24) is 15.2 Å². The highest BCUT2D eigenvalue weighted by Gasteiger charge is 2.39.